The maximum absolute atomic E-state index is 12.8. The first-order valence-corrected chi connectivity index (χ1v) is 10.9. The van der Waals surface area contributed by atoms with Crippen molar-refractivity contribution in [1.29, 1.82) is 0 Å². The molecule has 0 fully saturated rings. The van der Waals surface area contributed by atoms with Gasteiger partial charge in [-0.15, -0.1) is 22.7 Å². The number of hydrogen-bond donors (Lipinski definition) is 1. The van der Waals surface area contributed by atoms with Crippen LogP contribution in [0.3, 0.4) is 0 Å². The molecule has 1 amide bonds. The predicted molar refractivity (Wildman–Crippen MR) is 115 cm³/mol. The zero-order valence-electron chi connectivity index (χ0n) is 15.1. The Labute approximate surface area is 170 Å². The number of hydrogen-bond acceptors (Lipinski definition) is 6. The van der Waals surface area contributed by atoms with E-state index in [9.17, 15) is 4.79 Å². The number of anilines is 1. The quantitative estimate of drug-likeness (QED) is 0.545. The average molecular weight is 407 g/mol. The average Bonchev–Trinajstić information content (AvgIpc) is 3.39. The van der Waals surface area contributed by atoms with Gasteiger partial charge in [-0.2, -0.15) is 0 Å². The van der Waals surface area contributed by atoms with Crippen molar-refractivity contribution in [2.45, 2.75) is 13.0 Å². The van der Waals surface area contributed by atoms with Gasteiger partial charge < -0.3 is 10.2 Å². The van der Waals surface area contributed by atoms with E-state index in [-0.39, 0.29) is 12.5 Å². The summed E-state index contributed by atoms with van der Waals surface area (Å²) in [7, 11) is 0. The number of benzene rings is 1. The van der Waals surface area contributed by atoms with E-state index in [2.05, 4.69) is 44.2 Å². The molecule has 3 aromatic heterocycles. The van der Waals surface area contributed by atoms with Crippen molar-refractivity contribution in [3.8, 4) is 11.1 Å². The summed E-state index contributed by atoms with van der Waals surface area (Å²) in [5, 5.41) is 8.45. The van der Waals surface area contributed by atoms with Crippen LogP contribution >= 0.6 is 22.7 Å². The molecule has 1 aliphatic rings. The van der Waals surface area contributed by atoms with Crippen LogP contribution in [0, 0.1) is 0 Å². The number of rotatable bonds is 4. The highest BCUT2D eigenvalue weighted by Crippen LogP contribution is 2.36. The molecule has 5 rings (SSSR count). The Bertz CT molecular complexity index is 1140. The van der Waals surface area contributed by atoms with Crippen LogP contribution in [0.5, 0.6) is 0 Å². The monoisotopic (exact) mass is 406 g/mol. The van der Waals surface area contributed by atoms with Gasteiger partial charge in [-0.3, -0.25) is 4.79 Å². The molecule has 0 saturated heterocycles. The lowest BCUT2D eigenvalue weighted by molar-refractivity contribution is -0.130. The standard InChI is InChI=1S/C21H18N4OS2/c26-18(25-8-6-17-15(11-25)7-9-27-17)10-22-20-19-16(14-4-2-1-3-5-14)12-28-21(19)24-13-23-20/h1-5,7,9,12-13H,6,8,10-11H2,(H,22,23,24). The molecule has 7 heteroatoms. The third kappa shape index (κ3) is 3.16. The minimum absolute atomic E-state index is 0.0973. The van der Waals surface area contributed by atoms with Crippen LogP contribution in [-0.4, -0.2) is 33.9 Å². The molecular formula is C21H18N4OS2. The first-order chi connectivity index (χ1) is 13.8. The van der Waals surface area contributed by atoms with Crippen molar-refractivity contribution in [3.05, 3.63) is 63.9 Å². The Morgan fingerprint density at radius 1 is 1.14 bits per heavy atom. The third-order valence-electron chi connectivity index (χ3n) is 5.02. The van der Waals surface area contributed by atoms with E-state index in [0.717, 1.165) is 34.3 Å². The summed E-state index contributed by atoms with van der Waals surface area (Å²) in [5.74, 6) is 0.812. The first-order valence-electron chi connectivity index (χ1n) is 9.14. The first kappa shape index (κ1) is 17.3. The number of amides is 1. The highest BCUT2D eigenvalue weighted by Gasteiger charge is 2.22. The maximum atomic E-state index is 12.8. The van der Waals surface area contributed by atoms with Gasteiger partial charge >= 0.3 is 0 Å². The molecule has 28 heavy (non-hydrogen) atoms. The molecule has 1 N–H and O–H groups in total. The molecule has 5 nitrogen and oxygen atoms in total. The van der Waals surface area contributed by atoms with E-state index in [1.54, 1.807) is 29.0 Å². The second kappa shape index (κ2) is 7.33. The van der Waals surface area contributed by atoms with Crippen LogP contribution in [-0.2, 0) is 17.8 Å². The van der Waals surface area contributed by atoms with E-state index in [1.165, 1.54) is 10.4 Å². The normalized spacial score (nSPS) is 13.5. The number of thiophene rings is 2. The molecule has 4 aromatic rings. The van der Waals surface area contributed by atoms with Crippen molar-refractivity contribution in [2.24, 2.45) is 0 Å². The lowest BCUT2D eigenvalue weighted by Crippen LogP contribution is -2.38. The molecule has 0 atom stereocenters. The van der Waals surface area contributed by atoms with E-state index in [0.29, 0.717) is 12.4 Å². The van der Waals surface area contributed by atoms with Crippen LogP contribution < -0.4 is 5.32 Å². The molecule has 4 heterocycles. The second-order valence-corrected chi connectivity index (χ2v) is 8.56. The summed E-state index contributed by atoms with van der Waals surface area (Å²) in [4.78, 5) is 25.8. The number of nitrogens with one attached hydrogen (secondary N) is 1. The summed E-state index contributed by atoms with van der Waals surface area (Å²) in [5.41, 5.74) is 3.49. The molecule has 0 aliphatic carbocycles. The smallest absolute Gasteiger partial charge is 0.242 e. The minimum Gasteiger partial charge on any atom is -0.360 e. The molecule has 0 saturated carbocycles. The summed E-state index contributed by atoms with van der Waals surface area (Å²) in [6, 6.07) is 12.3. The lowest BCUT2D eigenvalue weighted by atomic mass is 10.1. The zero-order valence-corrected chi connectivity index (χ0v) is 16.7. The fourth-order valence-corrected chi connectivity index (χ4v) is 5.38. The van der Waals surface area contributed by atoms with Gasteiger partial charge in [0.05, 0.1) is 11.9 Å². The second-order valence-electron chi connectivity index (χ2n) is 6.71. The zero-order chi connectivity index (χ0) is 18.9. The van der Waals surface area contributed by atoms with Gasteiger partial charge in [-0.25, -0.2) is 9.97 Å². The number of carbonyl (C=O) groups excluding carboxylic acids is 1. The molecule has 140 valence electrons. The van der Waals surface area contributed by atoms with Gasteiger partial charge in [0, 0.05) is 28.9 Å². The summed E-state index contributed by atoms with van der Waals surface area (Å²) >= 11 is 3.38. The maximum Gasteiger partial charge on any atom is 0.242 e. The van der Waals surface area contributed by atoms with E-state index >= 15 is 0 Å². The predicted octanol–water partition coefficient (Wildman–Crippen LogP) is 4.42. The third-order valence-corrected chi connectivity index (χ3v) is 6.93. The minimum atomic E-state index is 0.0973. The van der Waals surface area contributed by atoms with Gasteiger partial charge in [0.25, 0.3) is 0 Å². The molecule has 0 bridgehead atoms. The van der Waals surface area contributed by atoms with Crippen molar-refractivity contribution in [3.63, 3.8) is 0 Å². The number of nitrogens with zero attached hydrogens (tertiary/aromatic N) is 3. The van der Waals surface area contributed by atoms with Crippen LogP contribution in [0.15, 0.2) is 53.5 Å². The molecule has 0 unspecified atom stereocenters. The molecule has 1 aliphatic heterocycles. The van der Waals surface area contributed by atoms with Gasteiger partial charge in [-0.05, 0) is 29.0 Å². The Morgan fingerprint density at radius 3 is 2.93 bits per heavy atom. The summed E-state index contributed by atoms with van der Waals surface area (Å²) < 4.78 is 0. The number of carbonyl (C=O) groups is 1. The topological polar surface area (TPSA) is 58.1 Å². The van der Waals surface area contributed by atoms with Crippen LogP contribution in [0.2, 0.25) is 0 Å². The number of aromatic nitrogens is 2. The van der Waals surface area contributed by atoms with Gasteiger partial charge in [0.2, 0.25) is 5.91 Å². The molecular weight excluding hydrogens is 388 g/mol. The Kier molecular flexibility index (Phi) is 4.54. The van der Waals surface area contributed by atoms with Crippen LogP contribution in [0.25, 0.3) is 21.3 Å². The van der Waals surface area contributed by atoms with Crippen LogP contribution in [0.4, 0.5) is 5.82 Å². The van der Waals surface area contributed by atoms with Crippen LogP contribution in [0.1, 0.15) is 10.4 Å². The van der Waals surface area contributed by atoms with Gasteiger partial charge in [0.1, 0.15) is 17.0 Å². The van der Waals surface area contributed by atoms with Crippen molar-refractivity contribution in [2.75, 3.05) is 18.4 Å². The van der Waals surface area contributed by atoms with E-state index < -0.39 is 0 Å². The number of fused-ring (bicyclic) bond motifs is 2. The Hall–Kier alpha value is -2.77. The summed E-state index contributed by atoms with van der Waals surface area (Å²) in [6.07, 6.45) is 2.50. The lowest BCUT2D eigenvalue weighted by Gasteiger charge is -2.27. The summed E-state index contributed by atoms with van der Waals surface area (Å²) in [6.45, 7) is 1.71. The highest BCUT2D eigenvalue weighted by atomic mass is 32.1. The Morgan fingerprint density at radius 2 is 2.04 bits per heavy atom. The van der Waals surface area contributed by atoms with Crippen molar-refractivity contribution < 1.29 is 4.79 Å². The molecule has 1 aromatic carbocycles. The SMILES string of the molecule is O=C(CNc1ncnc2scc(-c3ccccc3)c12)N1CCc2sccc2C1. The van der Waals surface area contributed by atoms with E-state index in [1.807, 2.05) is 23.1 Å². The van der Waals surface area contributed by atoms with Gasteiger partial charge in [-0.1, -0.05) is 30.3 Å². The van der Waals surface area contributed by atoms with Crippen molar-refractivity contribution >= 4 is 44.6 Å². The molecule has 0 radical (unpaired) electrons. The molecule has 0 spiro atoms. The van der Waals surface area contributed by atoms with Crippen molar-refractivity contribution in [1.82, 2.24) is 14.9 Å². The van der Waals surface area contributed by atoms with Gasteiger partial charge in [0.15, 0.2) is 0 Å². The fraction of sp³-hybridized carbons (Fsp3) is 0.190. The highest BCUT2D eigenvalue weighted by molar-refractivity contribution is 7.17. The fourth-order valence-electron chi connectivity index (χ4n) is 3.57. The largest absolute Gasteiger partial charge is 0.360 e. The van der Waals surface area contributed by atoms with E-state index in [4.69, 9.17) is 0 Å². The Balaban J connectivity index is 1.37.